The minimum atomic E-state index is -0.199. The first kappa shape index (κ1) is 12.7. The summed E-state index contributed by atoms with van der Waals surface area (Å²) in [6, 6.07) is 7.20. The zero-order valence-electron chi connectivity index (χ0n) is 10.4. The fourth-order valence-electron chi connectivity index (χ4n) is 1.93. The lowest BCUT2D eigenvalue weighted by Gasteiger charge is -2.06. The molecule has 18 heavy (non-hydrogen) atoms. The van der Waals surface area contributed by atoms with Crippen molar-refractivity contribution in [2.24, 2.45) is 11.8 Å². The third-order valence-corrected chi connectivity index (χ3v) is 3.27. The number of benzene rings is 1. The maximum atomic E-state index is 12.0. The first-order valence-corrected chi connectivity index (χ1v) is 6.19. The molecule has 3 nitrogen and oxygen atoms in total. The van der Waals surface area contributed by atoms with E-state index in [1.807, 2.05) is 12.1 Å². The van der Waals surface area contributed by atoms with Crippen molar-refractivity contribution in [2.75, 3.05) is 13.2 Å². The molecule has 0 heterocycles. The van der Waals surface area contributed by atoms with Gasteiger partial charge in [-0.2, -0.15) is 0 Å². The molecular weight excluding hydrogens is 226 g/mol. The number of carbonyl (C=O) groups excluding carboxylic acids is 1. The lowest BCUT2D eigenvalue weighted by Crippen LogP contribution is -2.26. The molecule has 0 saturated heterocycles. The second kappa shape index (κ2) is 5.70. The lowest BCUT2D eigenvalue weighted by atomic mass is 10.1. The summed E-state index contributed by atoms with van der Waals surface area (Å²) in [4.78, 5) is 12.0. The van der Waals surface area contributed by atoms with Crippen molar-refractivity contribution in [1.29, 1.82) is 0 Å². The van der Waals surface area contributed by atoms with Gasteiger partial charge in [-0.25, -0.2) is 0 Å². The monoisotopic (exact) mass is 243 g/mol. The molecule has 1 fully saturated rings. The Morgan fingerprint density at radius 1 is 1.50 bits per heavy atom. The number of hydrogen-bond donors (Lipinski definition) is 2. The Hall–Kier alpha value is -1.79. The molecule has 94 valence electrons. The van der Waals surface area contributed by atoms with Crippen LogP contribution in [0.3, 0.4) is 0 Å². The Labute approximate surface area is 107 Å². The lowest BCUT2D eigenvalue weighted by molar-refractivity contribution is 0.0951. The topological polar surface area (TPSA) is 49.3 Å². The SMILES string of the molecule is CC1CC1CNC(=O)c1ccccc1C#CCO. The summed E-state index contributed by atoms with van der Waals surface area (Å²) in [7, 11) is 0. The minimum Gasteiger partial charge on any atom is -0.384 e. The Morgan fingerprint density at radius 3 is 2.89 bits per heavy atom. The molecule has 0 aromatic heterocycles. The summed E-state index contributed by atoms with van der Waals surface area (Å²) in [5.74, 6) is 6.64. The highest BCUT2D eigenvalue weighted by Gasteiger charge is 2.32. The van der Waals surface area contributed by atoms with Crippen LogP contribution in [0.4, 0.5) is 0 Å². The van der Waals surface area contributed by atoms with Crippen LogP contribution in [0.1, 0.15) is 29.3 Å². The number of hydrogen-bond acceptors (Lipinski definition) is 2. The molecule has 0 aliphatic heterocycles. The smallest absolute Gasteiger partial charge is 0.252 e. The van der Waals surface area contributed by atoms with Gasteiger partial charge in [-0.1, -0.05) is 30.9 Å². The summed E-state index contributed by atoms with van der Waals surface area (Å²) in [6.07, 6.45) is 1.20. The maximum Gasteiger partial charge on any atom is 0.252 e. The average Bonchev–Trinajstić information content (AvgIpc) is 3.10. The number of nitrogens with one attached hydrogen (secondary N) is 1. The first-order valence-electron chi connectivity index (χ1n) is 6.19. The molecule has 0 radical (unpaired) electrons. The van der Waals surface area contributed by atoms with E-state index in [1.54, 1.807) is 12.1 Å². The Bertz CT molecular complexity index is 499. The summed E-state index contributed by atoms with van der Waals surface area (Å²) in [6.45, 7) is 2.73. The molecule has 3 heteroatoms. The van der Waals surface area contributed by atoms with Gasteiger partial charge in [0.2, 0.25) is 0 Å². The second-order valence-electron chi connectivity index (χ2n) is 4.69. The number of amides is 1. The second-order valence-corrected chi connectivity index (χ2v) is 4.69. The Balaban J connectivity index is 2.04. The molecule has 2 atom stereocenters. The van der Waals surface area contributed by atoms with E-state index < -0.39 is 0 Å². The number of aliphatic hydroxyl groups is 1. The van der Waals surface area contributed by atoms with E-state index in [2.05, 4.69) is 24.1 Å². The Morgan fingerprint density at radius 2 is 2.22 bits per heavy atom. The van der Waals surface area contributed by atoms with E-state index in [1.165, 1.54) is 6.42 Å². The molecule has 2 rings (SSSR count). The van der Waals surface area contributed by atoms with Crippen LogP contribution in [0, 0.1) is 23.7 Å². The van der Waals surface area contributed by atoms with Crippen molar-refractivity contribution in [3.63, 3.8) is 0 Å². The van der Waals surface area contributed by atoms with Crippen LogP contribution in [0.2, 0.25) is 0 Å². The third-order valence-electron chi connectivity index (χ3n) is 3.27. The van der Waals surface area contributed by atoms with Crippen LogP contribution in [0.25, 0.3) is 0 Å². The summed E-state index contributed by atoms with van der Waals surface area (Å²) in [5.41, 5.74) is 1.24. The van der Waals surface area contributed by atoms with Gasteiger partial charge in [0, 0.05) is 12.1 Å². The zero-order chi connectivity index (χ0) is 13.0. The van der Waals surface area contributed by atoms with Crippen molar-refractivity contribution in [2.45, 2.75) is 13.3 Å². The van der Waals surface area contributed by atoms with Gasteiger partial charge in [0.25, 0.3) is 5.91 Å². The van der Waals surface area contributed by atoms with Gasteiger partial charge >= 0.3 is 0 Å². The van der Waals surface area contributed by atoms with E-state index >= 15 is 0 Å². The highest BCUT2D eigenvalue weighted by atomic mass is 16.2. The van der Waals surface area contributed by atoms with Gasteiger partial charge in [0.1, 0.15) is 6.61 Å². The molecule has 2 unspecified atom stereocenters. The van der Waals surface area contributed by atoms with E-state index in [0.29, 0.717) is 17.0 Å². The molecule has 1 aromatic carbocycles. The number of rotatable bonds is 3. The van der Waals surface area contributed by atoms with Crippen molar-refractivity contribution >= 4 is 5.91 Å². The van der Waals surface area contributed by atoms with Crippen molar-refractivity contribution in [3.8, 4) is 11.8 Å². The quantitative estimate of drug-likeness (QED) is 0.789. The van der Waals surface area contributed by atoms with Crippen LogP contribution in [0.5, 0.6) is 0 Å². The van der Waals surface area contributed by atoms with Crippen molar-refractivity contribution in [1.82, 2.24) is 5.32 Å². The molecule has 1 aromatic rings. The van der Waals surface area contributed by atoms with Gasteiger partial charge in [-0.3, -0.25) is 4.79 Å². The van der Waals surface area contributed by atoms with Crippen LogP contribution in [0.15, 0.2) is 24.3 Å². The van der Waals surface area contributed by atoms with E-state index in [0.717, 1.165) is 12.5 Å². The third kappa shape index (κ3) is 3.12. The Kier molecular flexibility index (Phi) is 4.01. The van der Waals surface area contributed by atoms with Crippen molar-refractivity contribution in [3.05, 3.63) is 35.4 Å². The van der Waals surface area contributed by atoms with Gasteiger partial charge in [0.15, 0.2) is 0 Å². The van der Waals surface area contributed by atoms with Crippen LogP contribution in [-0.4, -0.2) is 24.2 Å². The molecule has 2 N–H and O–H groups in total. The normalized spacial score (nSPS) is 20.8. The molecular formula is C15H17NO2. The van der Waals surface area contributed by atoms with Crippen molar-refractivity contribution < 1.29 is 9.90 Å². The molecule has 1 aliphatic rings. The molecule has 0 bridgehead atoms. The van der Waals surface area contributed by atoms with E-state index in [4.69, 9.17) is 5.11 Å². The van der Waals surface area contributed by atoms with Crippen LogP contribution < -0.4 is 5.32 Å². The number of carbonyl (C=O) groups is 1. The molecule has 1 amide bonds. The zero-order valence-corrected chi connectivity index (χ0v) is 10.4. The largest absolute Gasteiger partial charge is 0.384 e. The van der Waals surface area contributed by atoms with Gasteiger partial charge in [-0.05, 0) is 30.4 Å². The fourth-order valence-corrected chi connectivity index (χ4v) is 1.93. The van der Waals surface area contributed by atoms with Gasteiger partial charge in [-0.15, -0.1) is 0 Å². The fraction of sp³-hybridized carbons (Fsp3) is 0.400. The minimum absolute atomic E-state index is 0.0862. The van der Waals surface area contributed by atoms with E-state index in [9.17, 15) is 4.79 Å². The molecule has 1 aliphatic carbocycles. The van der Waals surface area contributed by atoms with Crippen LogP contribution >= 0.6 is 0 Å². The van der Waals surface area contributed by atoms with E-state index in [-0.39, 0.29) is 12.5 Å². The predicted molar refractivity (Wildman–Crippen MR) is 70.0 cm³/mol. The highest BCUT2D eigenvalue weighted by molar-refractivity contribution is 5.96. The maximum absolute atomic E-state index is 12.0. The molecule has 0 spiro atoms. The van der Waals surface area contributed by atoms with Gasteiger partial charge < -0.3 is 10.4 Å². The summed E-state index contributed by atoms with van der Waals surface area (Å²) < 4.78 is 0. The molecule has 1 saturated carbocycles. The van der Waals surface area contributed by atoms with Crippen LogP contribution in [-0.2, 0) is 0 Å². The number of aliphatic hydroxyl groups excluding tert-OH is 1. The summed E-state index contributed by atoms with van der Waals surface area (Å²) in [5, 5.41) is 11.6. The highest BCUT2D eigenvalue weighted by Crippen LogP contribution is 2.36. The summed E-state index contributed by atoms with van der Waals surface area (Å²) >= 11 is 0. The first-order chi connectivity index (χ1) is 8.72. The standard InChI is InChI=1S/C15H17NO2/c1-11-9-13(11)10-16-15(18)14-7-3-2-5-12(14)6-4-8-17/h2-3,5,7,11,13,17H,8-10H2,1H3,(H,16,18). The van der Waals surface area contributed by atoms with Gasteiger partial charge in [0.05, 0.1) is 5.56 Å². The predicted octanol–water partition coefficient (Wildman–Crippen LogP) is 1.42. The average molecular weight is 243 g/mol.